The van der Waals surface area contributed by atoms with E-state index >= 15 is 0 Å². The lowest BCUT2D eigenvalue weighted by molar-refractivity contribution is -0.140. The molecule has 98 valence electrons. The van der Waals surface area contributed by atoms with Crippen molar-refractivity contribution >= 4 is 5.97 Å². The maximum absolute atomic E-state index is 13.5. The molecular weight excluding hydrogens is 231 g/mol. The van der Waals surface area contributed by atoms with Crippen LogP contribution in [0.2, 0.25) is 0 Å². The third-order valence-corrected chi connectivity index (χ3v) is 2.65. The molecule has 0 N–H and O–H groups in total. The molecule has 0 aliphatic rings. The van der Waals surface area contributed by atoms with Gasteiger partial charge in [0.1, 0.15) is 0 Å². The molecule has 0 bridgehead atoms. The maximum Gasteiger partial charge on any atom is 0.366 e. The van der Waals surface area contributed by atoms with Gasteiger partial charge in [-0.3, -0.25) is 0 Å². The number of esters is 1. The highest BCUT2D eigenvalue weighted by atomic mass is 19.1. The number of allylic oxidation sites excluding steroid dienone is 1. The Hall–Kier alpha value is -1.64. The summed E-state index contributed by atoms with van der Waals surface area (Å²) in [5.74, 6) is -1.83. The van der Waals surface area contributed by atoms with E-state index in [1.54, 1.807) is 0 Å². The van der Waals surface area contributed by atoms with E-state index < -0.39 is 11.8 Å². The van der Waals surface area contributed by atoms with Gasteiger partial charge in [0.05, 0.1) is 6.61 Å². The average Bonchev–Trinajstić information content (AvgIpc) is 2.39. The Morgan fingerprint density at radius 2 is 2.06 bits per heavy atom. The topological polar surface area (TPSA) is 26.3 Å². The Kier molecular flexibility index (Phi) is 6.12. The molecule has 1 aromatic rings. The van der Waals surface area contributed by atoms with Crippen molar-refractivity contribution in [2.45, 2.75) is 32.6 Å². The van der Waals surface area contributed by atoms with Gasteiger partial charge in [0, 0.05) is 5.92 Å². The molecule has 1 aromatic carbocycles. The Morgan fingerprint density at radius 3 is 2.67 bits per heavy atom. The van der Waals surface area contributed by atoms with E-state index in [1.165, 1.54) is 6.08 Å². The number of hydrogen-bond donors (Lipinski definition) is 0. The predicted molar refractivity (Wildman–Crippen MR) is 69.9 cm³/mol. The standard InChI is InChI=1S/C15H19FO2/c1-3-4-10-18-15(17)14(16)11-12(2)13-8-6-5-7-9-13/h5-9,11-12H,3-4,10H2,1-2H3/b14-11-. The minimum atomic E-state index is -0.869. The second-order valence-corrected chi connectivity index (χ2v) is 4.20. The Morgan fingerprint density at radius 1 is 1.39 bits per heavy atom. The Balaban J connectivity index is 2.57. The smallest absolute Gasteiger partial charge is 0.366 e. The van der Waals surface area contributed by atoms with E-state index in [4.69, 9.17) is 4.74 Å². The van der Waals surface area contributed by atoms with Gasteiger partial charge in [-0.1, -0.05) is 50.6 Å². The molecule has 0 saturated heterocycles. The molecule has 0 spiro atoms. The van der Waals surface area contributed by atoms with Crippen LogP contribution in [0.5, 0.6) is 0 Å². The monoisotopic (exact) mass is 250 g/mol. The molecule has 0 radical (unpaired) electrons. The fourth-order valence-electron chi connectivity index (χ4n) is 1.52. The zero-order valence-electron chi connectivity index (χ0n) is 10.9. The van der Waals surface area contributed by atoms with Crippen molar-refractivity contribution in [3.8, 4) is 0 Å². The summed E-state index contributed by atoms with van der Waals surface area (Å²) < 4.78 is 18.3. The largest absolute Gasteiger partial charge is 0.460 e. The van der Waals surface area contributed by atoms with Crippen molar-refractivity contribution in [1.29, 1.82) is 0 Å². The van der Waals surface area contributed by atoms with E-state index in [0.717, 1.165) is 18.4 Å². The first-order valence-corrected chi connectivity index (χ1v) is 6.24. The molecule has 0 aromatic heterocycles. The van der Waals surface area contributed by atoms with Crippen molar-refractivity contribution < 1.29 is 13.9 Å². The van der Waals surface area contributed by atoms with Crippen molar-refractivity contribution in [2.24, 2.45) is 0 Å². The molecule has 18 heavy (non-hydrogen) atoms. The molecule has 2 nitrogen and oxygen atoms in total. The summed E-state index contributed by atoms with van der Waals surface area (Å²) in [7, 11) is 0. The van der Waals surface area contributed by atoms with E-state index in [-0.39, 0.29) is 12.5 Å². The van der Waals surface area contributed by atoms with Crippen molar-refractivity contribution in [3.05, 3.63) is 47.8 Å². The molecule has 0 amide bonds. The number of hydrogen-bond acceptors (Lipinski definition) is 2. The average molecular weight is 250 g/mol. The van der Waals surface area contributed by atoms with Crippen LogP contribution in [0.25, 0.3) is 0 Å². The van der Waals surface area contributed by atoms with Crippen LogP contribution < -0.4 is 0 Å². The lowest BCUT2D eigenvalue weighted by atomic mass is 10.0. The van der Waals surface area contributed by atoms with Gasteiger partial charge in [-0.25, -0.2) is 4.79 Å². The van der Waals surface area contributed by atoms with Crippen LogP contribution in [-0.4, -0.2) is 12.6 Å². The van der Waals surface area contributed by atoms with Crippen LogP contribution in [0.1, 0.15) is 38.2 Å². The van der Waals surface area contributed by atoms with Crippen molar-refractivity contribution in [1.82, 2.24) is 0 Å². The number of unbranched alkanes of at least 4 members (excludes halogenated alkanes) is 1. The SMILES string of the molecule is CCCCOC(=O)/C(F)=C/C(C)c1ccccc1. The summed E-state index contributed by atoms with van der Waals surface area (Å²) in [6, 6.07) is 9.47. The van der Waals surface area contributed by atoms with Crippen LogP contribution in [0.4, 0.5) is 4.39 Å². The number of halogens is 1. The quantitative estimate of drug-likeness (QED) is 0.433. The van der Waals surface area contributed by atoms with Crippen LogP contribution in [0.3, 0.4) is 0 Å². The summed E-state index contributed by atoms with van der Waals surface area (Å²) in [4.78, 5) is 11.3. The second kappa shape index (κ2) is 7.64. The molecule has 0 fully saturated rings. The normalized spacial score (nSPS) is 13.2. The first-order valence-electron chi connectivity index (χ1n) is 6.24. The zero-order valence-corrected chi connectivity index (χ0v) is 10.9. The molecule has 1 rings (SSSR count). The van der Waals surface area contributed by atoms with Crippen LogP contribution >= 0.6 is 0 Å². The summed E-state index contributed by atoms with van der Waals surface area (Å²) in [5.41, 5.74) is 0.967. The summed E-state index contributed by atoms with van der Waals surface area (Å²) >= 11 is 0. The fourth-order valence-corrected chi connectivity index (χ4v) is 1.52. The number of benzene rings is 1. The molecule has 0 aliphatic heterocycles. The number of carbonyl (C=O) groups excluding carboxylic acids is 1. The molecule has 0 aliphatic carbocycles. The molecule has 0 saturated carbocycles. The Labute approximate surface area is 107 Å². The van der Waals surface area contributed by atoms with Gasteiger partial charge in [0.25, 0.3) is 0 Å². The van der Waals surface area contributed by atoms with Gasteiger partial charge in [0.2, 0.25) is 5.83 Å². The van der Waals surface area contributed by atoms with Gasteiger partial charge in [-0.2, -0.15) is 4.39 Å². The van der Waals surface area contributed by atoms with Crippen molar-refractivity contribution in [2.75, 3.05) is 6.61 Å². The minimum Gasteiger partial charge on any atom is -0.460 e. The fraction of sp³-hybridized carbons (Fsp3) is 0.400. The van der Waals surface area contributed by atoms with Crippen molar-refractivity contribution in [3.63, 3.8) is 0 Å². The highest BCUT2D eigenvalue weighted by molar-refractivity contribution is 5.86. The minimum absolute atomic E-state index is 0.148. The van der Waals surface area contributed by atoms with E-state index in [2.05, 4.69) is 0 Å². The van der Waals surface area contributed by atoms with Crippen LogP contribution in [0, 0.1) is 0 Å². The number of rotatable bonds is 6. The van der Waals surface area contributed by atoms with Crippen LogP contribution in [-0.2, 0) is 9.53 Å². The Bertz CT molecular complexity index is 398. The summed E-state index contributed by atoms with van der Waals surface area (Å²) in [5, 5.41) is 0. The zero-order chi connectivity index (χ0) is 13.4. The predicted octanol–water partition coefficient (Wildman–Crippen LogP) is 3.99. The highest BCUT2D eigenvalue weighted by Crippen LogP contribution is 2.18. The first kappa shape index (κ1) is 14.4. The molecule has 1 atom stereocenters. The second-order valence-electron chi connectivity index (χ2n) is 4.20. The van der Waals surface area contributed by atoms with Gasteiger partial charge in [0.15, 0.2) is 0 Å². The van der Waals surface area contributed by atoms with Gasteiger partial charge < -0.3 is 4.74 Å². The molecule has 1 unspecified atom stereocenters. The summed E-state index contributed by atoms with van der Waals surface area (Å²) in [6.45, 7) is 4.10. The molecular formula is C15H19FO2. The van der Waals surface area contributed by atoms with E-state index in [9.17, 15) is 9.18 Å². The van der Waals surface area contributed by atoms with Gasteiger partial charge in [-0.15, -0.1) is 0 Å². The van der Waals surface area contributed by atoms with Gasteiger partial charge >= 0.3 is 5.97 Å². The number of carbonyl (C=O) groups is 1. The number of ether oxygens (including phenoxy) is 1. The highest BCUT2D eigenvalue weighted by Gasteiger charge is 2.12. The van der Waals surface area contributed by atoms with E-state index in [1.807, 2.05) is 44.2 Å². The maximum atomic E-state index is 13.5. The molecule has 3 heteroatoms. The summed E-state index contributed by atoms with van der Waals surface area (Å²) in [6.07, 6.45) is 2.97. The third kappa shape index (κ3) is 4.70. The lowest BCUT2D eigenvalue weighted by Crippen LogP contribution is -2.07. The lowest BCUT2D eigenvalue weighted by Gasteiger charge is -2.07. The van der Waals surface area contributed by atoms with Crippen LogP contribution in [0.15, 0.2) is 42.2 Å². The molecule has 0 heterocycles. The van der Waals surface area contributed by atoms with Gasteiger partial charge in [-0.05, 0) is 18.1 Å². The third-order valence-electron chi connectivity index (χ3n) is 2.65. The van der Waals surface area contributed by atoms with E-state index in [0.29, 0.717) is 0 Å². The first-order chi connectivity index (χ1) is 8.65.